The van der Waals surface area contributed by atoms with Crippen LogP contribution in [0.4, 0.5) is 23.4 Å². The van der Waals surface area contributed by atoms with Crippen LogP contribution in [0, 0.1) is 12.7 Å². The van der Waals surface area contributed by atoms with Gasteiger partial charge in [0, 0.05) is 44.3 Å². The average Bonchev–Trinajstić information content (AvgIpc) is 2.92. The monoisotopic (exact) mass is 360 g/mol. The molecule has 0 aliphatic carbocycles. The number of nitrogens with zero attached hydrogens (tertiary/aromatic N) is 4. The van der Waals surface area contributed by atoms with Crippen LogP contribution in [0.15, 0.2) is 17.6 Å². The molecule has 24 heavy (non-hydrogen) atoms. The van der Waals surface area contributed by atoms with Gasteiger partial charge in [-0.15, -0.1) is 11.3 Å². The van der Waals surface area contributed by atoms with Crippen molar-refractivity contribution in [2.45, 2.75) is 19.6 Å². The summed E-state index contributed by atoms with van der Waals surface area (Å²) in [5.41, 5.74) is -0.0638. The summed E-state index contributed by atoms with van der Waals surface area (Å²) in [6.07, 6.45) is -3.90. The lowest BCUT2D eigenvalue weighted by atomic mass is 10.2. The molecule has 130 valence electrons. The Morgan fingerprint density at radius 3 is 2.46 bits per heavy atom. The van der Waals surface area contributed by atoms with Gasteiger partial charge in [-0.1, -0.05) is 0 Å². The van der Waals surface area contributed by atoms with Crippen LogP contribution in [-0.2, 0) is 12.7 Å². The third-order valence-corrected chi connectivity index (χ3v) is 4.70. The number of rotatable bonds is 3. The minimum Gasteiger partial charge on any atom is -0.352 e. The highest BCUT2D eigenvalue weighted by Gasteiger charge is 2.32. The third kappa shape index (κ3) is 3.84. The molecule has 0 bridgehead atoms. The molecule has 9 heteroatoms. The summed E-state index contributed by atoms with van der Waals surface area (Å²) < 4.78 is 51.7. The van der Waals surface area contributed by atoms with Crippen molar-refractivity contribution >= 4 is 17.2 Å². The molecule has 1 saturated heterocycles. The quantitative estimate of drug-likeness (QED) is 0.786. The van der Waals surface area contributed by atoms with Crippen molar-refractivity contribution in [1.82, 2.24) is 14.9 Å². The lowest BCUT2D eigenvalue weighted by Gasteiger charge is -2.35. The molecule has 2 aromatic rings. The van der Waals surface area contributed by atoms with Crippen molar-refractivity contribution in [2.24, 2.45) is 0 Å². The predicted octanol–water partition coefficient (Wildman–Crippen LogP) is 3.33. The van der Waals surface area contributed by atoms with Crippen LogP contribution in [0.3, 0.4) is 0 Å². The molecule has 2 aromatic heterocycles. The zero-order valence-corrected chi connectivity index (χ0v) is 13.8. The summed E-state index contributed by atoms with van der Waals surface area (Å²) in [6.45, 7) is 5.06. The van der Waals surface area contributed by atoms with Crippen molar-refractivity contribution < 1.29 is 17.6 Å². The number of aromatic nitrogens is 2. The van der Waals surface area contributed by atoms with E-state index >= 15 is 0 Å². The van der Waals surface area contributed by atoms with Gasteiger partial charge in [0.25, 0.3) is 0 Å². The van der Waals surface area contributed by atoms with Gasteiger partial charge in [-0.05, 0) is 13.0 Å². The molecule has 0 N–H and O–H groups in total. The van der Waals surface area contributed by atoms with Gasteiger partial charge in [-0.3, -0.25) is 4.90 Å². The number of piperazine rings is 1. The summed E-state index contributed by atoms with van der Waals surface area (Å²) in [7, 11) is 0. The molecule has 0 aromatic carbocycles. The smallest absolute Gasteiger partial charge is 0.352 e. The molecule has 0 amide bonds. The van der Waals surface area contributed by atoms with Gasteiger partial charge >= 0.3 is 6.18 Å². The molecule has 0 spiro atoms. The standard InChI is InChI=1S/C15H16F4N4S/c1-10-21-12(9-24-10)8-22-2-4-23(5-3-22)14-13(16)6-11(7-20-14)15(17,18)19/h6-7,9H,2-5,8H2,1H3. The van der Waals surface area contributed by atoms with Crippen LogP contribution in [0.25, 0.3) is 0 Å². The first-order valence-corrected chi connectivity index (χ1v) is 8.32. The van der Waals surface area contributed by atoms with Crippen LogP contribution in [0.5, 0.6) is 0 Å². The molecule has 1 aliphatic rings. The molecular formula is C15H16F4N4S. The van der Waals surface area contributed by atoms with E-state index in [1.165, 1.54) is 0 Å². The van der Waals surface area contributed by atoms with E-state index in [4.69, 9.17) is 0 Å². The van der Waals surface area contributed by atoms with E-state index in [1.807, 2.05) is 12.3 Å². The largest absolute Gasteiger partial charge is 0.417 e. The van der Waals surface area contributed by atoms with Crippen LogP contribution in [0.1, 0.15) is 16.3 Å². The Morgan fingerprint density at radius 2 is 1.92 bits per heavy atom. The second-order valence-corrected chi connectivity index (χ2v) is 6.71. The van der Waals surface area contributed by atoms with Gasteiger partial charge in [0.15, 0.2) is 11.6 Å². The van der Waals surface area contributed by atoms with Crippen LogP contribution < -0.4 is 4.90 Å². The first-order chi connectivity index (χ1) is 11.3. The minimum absolute atomic E-state index is 0.0212. The summed E-state index contributed by atoms with van der Waals surface area (Å²) in [4.78, 5) is 12.0. The van der Waals surface area contributed by atoms with E-state index in [0.717, 1.165) is 17.2 Å². The van der Waals surface area contributed by atoms with Crippen molar-refractivity contribution in [2.75, 3.05) is 31.1 Å². The lowest BCUT2D eigenvalue weighted by molar-refractivity contribution is -0.138. The first-order valence-electron chi connectivity index (χ1n) is 7.44. The van der Waals surface area contributed by atoms with Crippen LogP contribution >= 0.6 is 11.3 Å². The molecule has 4 nitrogen and oxygen atoms in total. The average molecular weight is 360 g/mol. The third-order valence-electron chi connectivity index (χ3n) is 3.87. The maximum atomic E-state index is 14.0. The number of hydrogen-bond donors (Lipinski definition) is 0. The van der Waals surface area contributed by atoms with Gasteiger partial charge < -0.3 is 4.90 Å². The molecule has 0 atom stereocenters. The fraction of sp³-hybridized carbons (Fsp3) is 0.467. The molecular weight excluding hydrogens is 344 g/mol. The Labute approximate surface area is 140 Å². The molecule has 1 aliphatic heterocycles. The number of pyridine rings is 1. The van der Waals surface area contributed by atoms with Gasteiger partial charge in [0.2, 0.25) is 0 Å². The Balaban J connectivity index is 1.62. The van der Waals surface area contributed by atoms with Crippen LogP contribution in [0.2, 0.25) is 0 Å². The summed E-state index contributed by atoms with van der Waals surface area (Å²) in [5, 5.41) is 3.03. The van der Waals surface area contributed by atoms with Gasteiger partial charge in [-0.2, -0.15) is 13.2 Å². The van der Waals surface area contributed by atoms with E-state index in [-0.39, 0.29) is 5.82 Å². The normalized spacial score (nSPS) is 16.6. The lowest BCUT2D eigenvalue weighted by Crippen LogP contribution is -2.46. The number of aryl methyl sites for hydroxylation is 1. The fourth-order valence-electron chi connectivity index (χ4n) is 2.65. The zero-order chi connectivity index (χ0) is 17.3. The Kier molecular flexibility index (Phi) is 4.73. The molecule has 3 heterocycles. The van der Waals surface area contributed by atoms with E-state index < -0.39 is 17.6 Å². The highest BCUT2D eigenvalue weighted by Crippen LogP contribution is 2.31. The minimum atomic E-state index is -4.59. The predicted molar refractivity (Wildman–Crippen MR) is 83.5 cm³/mol. The number of anilines is 1. The maximum Gasteiger partial charge on any atom is 0.417 e. The molecule has 0 saturated carbocycles. The van der Waals surface area contributed by atoms with E-state index in [2.05, 4.69) is 14.9 Å². The van der Waals surface area contributed by atoms with E-state index in [9.17, 15) is 17.6 Å². The van der Waals surface area contributed by atoms with Crippen molar-refractivity contribution in [3.05, 3.63) is 39.7 Å². The Bertz CT molecular complexity index is 708. The van der Waals surface area contributed by atoms with Crippen molar-refractivity contribution in [1.29, 1.82) is 0 Å². The number of hydrogen-bond acceptors (Lipinski definition) is 5. The Morgan fingerprint density at radius 1 is 1.21 bits per heavy atom. The molecule has 0 radical (unpaired) electrons. The van der Waals surface area contributed by atoms with Gasteiger partial charge in [0.1, 0.15) is 0 Å². The highest BCUT2D eigenvalue weighted by atomic mass is 32.1. The van der Waals surface area contributed by atoms with Gasteiger partial charge in [0.05, 0.1) is 16.3 Å². The van der Waals surface area contributed by atoms with Crippen molar-refractivity contribution in [3.8, 4) is 0 Å². The number of alkyl halides is 3. The topological polar surface area (TPSA) is 32.3 Å². The van der Waals surface area contributed by atoms with Gasteiger partial charge in [-0.25, -0.2) is 14.4 Å². The maximum absolute atomic E-state index is 14.0. The molecule has 3 rings (SSSR count). The molecule has 0 unspecified atom stereocenters. The molecule has 1 fully saturated rings. The summed E-state index contributed by atoms with van der Waals surface area (Å²) in [5.74, 6) is -0.958. The van der Waals surface area contributed by atoms with E-state index in [0.29, 0.717) is 38.4 Å². The van der Waals surface area contributed by atoms with Crippen molar-refractivity contribution in [3.63, 3.8) is 0 Å². The fourth-order valence-corrected chi connectivity index (χ4v) is 3.25. The number of thiazole rings is 1. The summed E-state index contributed by atoms with van der Waals surface area (Å²) >= 11 is 1.60. The van der Waals surface area contributed by atoms with Crippen LogP contribution in [-0.4, -0.2) is 41.0 Å². The second kappa shape index (κ2) is 6.64. The Hall–Kier alpha value is -1.74. The zero-order valence-electron chi connectivity index (χ0n) is 13.0. The highest BCUT2D eigenvalue weighted by molar-refractivity contribution is 7.09. The SMILES string of the molecule is Cc1nc(CN2CCN(c3ncc(C(F)(F)F)cc3F)CC2)cs1. The summed E-state index contributed by atoms with van der Waals surface area (Å²) in [6, 6.07) is 0.507. The first kappa shape index (κ1) is 17.1. The second-order valence-electron chi connectivity index (χ2n) is 5.65. The van der Waals surface area contributed by atoms with E-state index in [1.54, 1.807) is 16.2 Å². The number of halogens is 4.